The van der Waals surface area contributed by atoms with Crippen molar-refractivity contribution in [1.82, 2.24) is 9.62 Å². The molecule has 0 saturated carbocycles. The zero-order valence-corrected chi connectivity index (χ0v) is 16.5. The van der Waals surface area contributed by atoms with Crippen LogP contribution in [-0.4, -0.2) is 58.0 Å². The van der Waals surface area contributed by atoms with E-state index < -0.39 is 10.0 Å². The summed E-state index contributed by atoms with van der Waals surface area (Å²) in [5.41, 5.74) is 1.49. The van der Waals surface area contributed by atoms with Gasteiger partial charge in [-0.15, -0.1) is 0 Å². The first-order valence-corrected chi connectivity index (χ1v) is 10.8. The lowest BCUT2D eigenvalue weighted by Gasteiger charge is -2.26. The van der Waals surface area contributed by atoms with Crippen molar-refractivity contribution in [2.24, 2.45) is 0 Å². The van der Waals surface area contributed by atoms with Gasteiger partial charge in [0.05, 0.1) is 18.1 Å². The van der Waals surface area contributed by atoms with Crippen LogP contribution in [0.25, 0.3) is 0 Å². The van der Waals surface area contributed by atoms with Crippen LogP contribution in [0.1, 0.15) is 16.8 Å². The molecule has 1 heterocycles. The molecule has 2 N–H and O–H groups in total. The van der Waals surface area contributed by atoms with E-state index >= 15 is 0 Å². The van der Waals surface area contributed by atoms with Gasteiger partial charge in [0.25, 0.3) is 5.91 Å². The zero-order valence-electron chi connectivity index (χ0n) is 15.6. The third-order valence-electron chi connectivity index (χ3n) is 4.47. The molecule has 2 aromatic carbocycles. The molecule has 3 rings (SSSR count). The van der Waals surface area contributed by atoms with E-state index in [1.807, 2.05) is 30.3 Å². The van der Waals surface area contributed by atoms with Crippen molar-refractivity contribution >= 4 is 21.6 Å². The number of carbonyl (C=O) groups is 1. The van der Waals surface area contributed by atoms with Gasteiger partial charge in [0, 0.05) is 37.4 Å². The molecule has 0 aromatic heterocycles. The number of hydrogen-bond donors (Lipinski definition) is 2. The quantitative estimate of drug-likeness (QED) is 0.658. The van der Waals surface area contributed by atoms with Gasteiger partial charge >= 0.3 is 0 Å². The van der Waals surface area contributed by atoms with Crippen molar-refractivity contribution in [3.63, 3.8) is 0 Å². The number of sulfonamides is 1. The van der Waals surface area contributed by atoms with E-state index in [2.05, 4.69) is 10.6 Å². The Morgan fingerprint density at radius 3 is 2.32 bits per heavy atom. The molecule has 1 amide bonds. The monoisotopic (exact) mass is 403 g/mol. The number of morpholine rings is 1. The van der Waals surface area contributed by atoms with Gasteiger partial charge in [-0.25, -0.2) is 8.42 Å². The van der Waals surface area contributed by atoms with Gasteiger partial charge in [-0.3, -0.25) is 4.79 Å². The summed E-state index contributed by atoms with van der Waals surface area (Å²) < 4.78 is 31.8. The lowest BCUT2D eigenvalue weighted by Crippen LogP contribution is -2.40. The van der Waals surface area contributed by atoms with E-state index in [-0.39, 0.29) is 10.8 Å². The average Bonchev–Trinajstić information content (AvgIpc) is 2.75. The summed E-state index contributed by atoms with van der Waals surface area (Å²) in [6.07, 6.45) is 0.782. The number of amides is 1. The first kappa shape index (κ1) is 20.3. The number of hydrogen-bond acceptors (Lipinski definition) is 5. The average molecular weight is 404 g/mol. The lowest BCUT2D eigenvalue weighted by molar-refractivity contribution is 0.0730. The molecule has 1 saturated heterocycles. The minimum atomic E-state index is -3.54. The number of rotatable bonds is 8. The predicted molar refractivity (Wildman–Crippen MR) is 108 cm³/mol. The van der Waals surface area contributed by atoms with E-state index in [4.69, 9.17) is 4.74 Å². The largest absolute Gasteiger partial charge is 0.385 e. The summed E-state index contributed by atoms with van der Waals surface area (Å²) in [6, 6.07) is 15.9. The molecular weight excluding hydrogens is 378 g/mol. The van der Waals surface area contributed by atoms with Gasteiger partial charge in [-0.2, -0.15) is 4.31 Å². The van der Waals surface area contributed by atoms with E-state index in [9.17, 15) is 13.2 Å². The van der Waals surface area contributed by atoms with Crippen LogP contribution in [0.3, 0.4) is 0 Å². The molecule has 0 bridgehead atoms. The van der Waals surface area contributed by atoms with E-state index in [1.165, 1.54) is 16.4 Å². The fraction of sp³-hybridized carbons (Fsp3) is 0.350. The Bertz CT molecular complexity index is 864. The SMILES string of the molecule is O=C(NCCCNc1ccccc1)c1ccc(S(=O)(=O)N2CCOCC2)cc1. The Morgan fingerprint density at radius 2 is 1.64 bits per heavy atom. The van der Waals surface area contributed by atoms with Crippen molar-refractivity contribution in [2.75, 3.05) is 44.7 Å². The molecule has 0 unspecified atom stereocenters. The number of ether oxygens (including phenoxy) is 1. The summed E-state index contributed by atoms with van der Waals surface area (Å²) >= 11 is 0. The Kier molecular flexibility index (Phi) is 7.02. The van der Waals surface area contributed by atoms with Crippen LogP contribution >= 0.6 is 0 Å². The Morgan fingerprint density at radius 1 is 0.964 bits per heavy atom. The van der Waals surface area contributed by atoms with Crippen molar-refractivity contribution in [3.05, 3.63) is 60.2 Å². The Labute approximate surface area is 165 Å². The number of carbonyl (C=O) groups excluding carboxylic acids is 1. The lowest BCUT2D eigenvalue weighted by atomic mass is 10.2. The van der Waals surface area contributed by atoms with Crippen molar-refractivity contribution in [3.8, 4) is 0 Å². The molecular formula is C20H25N3O4S. The molecule has 0 aliphatic carbocycles. The summed E-state index contributed by atoms with van der Waals surface area (Å²) in [7, 11) is -3.54. The second-order valence-corrected chi connectivity index (χ2v) is 8.38. The number of para-hydroxylation sites is 1. The molecule has 8 heteroatoms. The Hall–Kier alpha value is -2.42. The van der Waals surface area contributed by atoms with Gasteiger partial charge in [0.2, 0.25) is 10.0 Å². The van der Waals surface area contributed by atoms with Crippen molar-refractivity contribution < 1.29 is 17.9 Å². The summed E-state index contributed by atoms with van der Waals surface area (Å²) in [6.45, 7) is 2.79. The van der Waals surface area contributed by atoms with Crippen molar-refractivity contribution in [2.45, 2.75) is 11.3 Å². The molecule has 150 valence electrons. The van der Waals surface area contributed by atoms with Crippen LogP contribution in [0.4, 0.5) is 5.69 Å². The smallest absolute Gasteiger partial charge is 0.251 e. The number of benzene rings is 2. The fourth-order valence-electron chi connectivity index (χ4n) is 2.90. The van der Waals surface area contributed by atoms with Gasteiger partial charge in [0.15, 0.2) is 0 Å². The standard InChI is InChI=1S/C20H25N3O4S/c24-20(22-12-4-11-21-18-5-2-1-3-6-18)17-7-9-19(10-8-17)28(25,26)23-13-15-27-16-14-23/h1-3,5-10,21H,4,11-16H2,(H,22,24). The highest BCUT2D eigenvalue weighted by Crippen LogP contribution is 2.17. The van der Waals surface area contributed by atoms with E-state index in [1.54, 1.807) is 12.1 Å². The highest BCUT2D eigenvalue weighted by Gasteiger charge is 2.26. The summed E-state index contributed by atoms with van der Waals surface area (Å²) in [4.78, 5) is 12.4. The van der Waals surface area contributed by atoms with Crippen LogP contribution in [-0.2, 0) is 14.8 Å². The maximum atomic E-state index is 12.6. The molecule has 2 aromatic rings. The van der Waals surface area contributed by atoms with Crippen molar-refractivity contribution in [1.29, 1.82) is 0 Å². The molecule has 28 heavy (non-hydrogen) atoms. The van der Waals surface area contributed by atoms with Gasteiger partial charge < -0.3 is 15.4 Å². The molecule has 1 aliphatic rings. The Balaban J connectivity index is 1.47. The molecule has 0 radical (unpaired) electrons. The van der Waals surface area contributed by atoms with Gasteiger partial charge in [-0.1, -0.05) is 18.2 Å². The molecule has 0 spiro atoms. The zero-order chi connectivity index (χ0) is 19.8. The summed E-state index contributed by atoms with van der Waals surface area (Å²) in [5, 5.41) is 6.13. The van der Waals surface area contributed by atoms with Crippen LogP contribution in [0, 0.1) is 0 Å². The highest BCUT2D eigenvalue weighted by molar-refractivity contribution is 7.89. The van der Waals surface area contributed by atoms with Gasteiger partial charge in [-0.05, 0) is 42.8 Å². The molecule has 1 aliphatic heterocycles. The van der Waals surface area contributed by atoms with E-state index in [0.717, 1.165) is 18.7 Å². The second kappa shape index (κ2) is 9.68. The minimum Gasteiger partial charge on any atom is -0.385 e. The molecule has 1 fully saturated rings. The van der Waals surface area contributed by atoms with E-state index in [0.29, 0.717) is 38.4 Å². The molecule has 0 atom stereocenters. The number of nitrogens with one attached hydrogen (secondary N) is 2. The third-order valence-corrected chi connectivity index (χ3v) is 6.38. The maximum Gasteiger partial charge on any atom is 0.251 e. The first-order valence-electron chi connectivity index (χ1n) is 9.32. The van der Waals surface area contributed by atoms with Gasteiger partial charge in [0.1, 0.15) is 0 Å². The number of nitrogens with zero attached hydrogens (tertiary/aromatic N) is 1. The highest BCUT2D eigenvalue weighted by atomic mass is 32.2. The maximum absolute atomic E-state index is 12.6. The topological polar surface area (TPSA) is 87.7 Å². The second-order valence-electron chi connectivity index (χ2n) is 6.44. The van der Waals surface area contributed by atoms with Crippen LogP contribution < -0.4 is 10.6 Å². The first-order chi connectivity index (χ1) is 13.6. The normalized spacial score (nSPS) is 15.1. The molecule has 7 nitrogen and oxygen atoms in total. The minimum absolute atomic E-state index is 0.193. The fourth-order valence-corrected chi connectivity index (χ4v) is 4.30. The predicted octanol–water partition coefficient (Wildman–Crippen LogP) is 1.94. The van der Waals surface area contributed by atoms with Crippen LogP contribution in [0.15, 0.2) is 59.5 Å². The summed E-state index contributed by atoms with van der Waals surface area (Å²) in [5.74, 6) is -0.213. The third kappa shape index (κ3) is 5.31. The number of anilines is 1. The van der Waals surface area contributed by atoms with Crippen LogP contribution in [0.5, 0.6) is 0 Å². The van der Waals surface area contributed by atoms with Crippen LogP contribution in [0.2, 0.25) is 0 Å².